The highest BCUT2D eigenvalue weighted by Crippen LogP contribution is 2.43. The molecule has 2 heterocycles. The normalized spacial score (nSPS) is 17.3. The van der Waals surface area contributed by atoms with Crippen LogP contribution < -0.4 is 4.90 Å². The number of anilines is 1. The number of nitrogens with zero attached hydrogens (tertiary/aromatic N) is 3. The van der Waals surface area contributed by atoms with Crippen molar-refractivity contribution in [2.45, 2.75) is 15.1 Å². The van der Waals surface area contributed by atoms with Crippen LogP contribution in [0.4, 0.5) is 15.2 Å². The Morgan fingerprint density at radius 2 is 1.62 bits per heavy atom. The highest BCUT2D eigenvalue weighted by molar-refractivity contribution is 7.93. The van der Waals surface area contributed by atoms with E-state index in [9.17, 15) is 37.3 Å². The molecule has 0 N–H and O–H groups in total. The molecule has 0 aliphatic carbocycles. The molecule has 0 saturated carbocycles. The first kappa shape index (κ1) is 27.2. The Bertz CT molecular complexity index is 1770. The third-order valence-electron chi connectivity index (χ3n) is 6.23. The van der Waals surface area contributed by atoms with Crippen LogP contribution in [0.15, 0.2) is 88.1 Å². The van der Waals surface area contributed by atoms with Crippen molar-refractivity contribution < 1.29 is 32.1 Å². The van der Waals surface area contributed by atoms with E-state index in [0.29, 0.717) is 16.4 Å². The molecule has 0 radical (unpaired) electrons. The molecule has 2 unspecified atom stereocenters. The zero-order chi connectivity index (χ0) is 28.8. The zero-order valence-electron chi connectivity index (χ0n) is 19.9. The van der Waals surface area contributed by atoms with Crippen LogP contribution in [0.5, 0.6) is 0 Å². The van der Waals surface area contributed by atoms with Gasteiger partial charge < -0.3 is 0 Å². The number of thiazole rings is 1. The molecule has 1 fully saturated rings. The number of carbonyl (C=O) groups excluding carboxylic acids is 3. The van der Waals surface area contributed by atoms with Gasteiger partial charge in [-0.1, -0.05) is 35.1 Å². The van der Waals surface area contributed by atoms with E-state index in [4.69, 9.17) is 11.6 Å². The lowest BCUT2D eigenvalue weighted by atomic mass is 9.86. The summed E-state index contributed by atoms with van der Waals surface area (Å²) in [6, 6.07) is 13.6. The van der Waals surface area contributed by atoms with E-state index in [2.05, 4.69) is 4.98 Å². The molecule has 3 aromatic carbocycles. The number of non-ortho nitro benzene ring substituents is 1. The summed E-state index contributed by atoms with van der Waals surface area (Å²) in [4.78, 5) is 55.0. The number of nitro benzene ring substituents is 1. The Hall–Kier alpha value is -4.33. The monoisotopic (exact) mass is 599 g/mol. The third kappa shape index (κ3) is 4.78. The standard InChI is InChI=1S/C26H15ClFN3O7S2/c27-16-5-1-15(2-6-16)23(32)21-22(14-3-7-17(28)8-4-14)30(25(34)24(21)33)26-29-13-20(39-26)40(37,38)19-11-9-18(10-12-19)31(35)36/h1-13,21-22H. The van der Waals surface area contributed by atoms with Crippen molar-refractivity contribution in [1.82, 2.24) is 4.98 Å². The highest BCUT2D eigenvalue weighted by atomic mass is 35.5. The summed E-state index contributed by atoms with van der Waals surface area (Å²) in [7, 11) is -4.20. The molecular weight excluding hydrogens is 585 g/mol. The molecule has 5 rings (SSSR count). The maximum absolute atomic E-state index is 13.7. The van der Waals surface area contributed by atoms with Gasteiger partial charge in [-0.25, -0.2) is 17.8 Å². The van der Waals surface area contributed by atoms with Gasteiger partial charge >= 0.3 is 0 Å². The number of rotatable bonds is 7. The van der Waals surface area contributed by atoms with E-state index in [1.54, 1.807) is 0 Å². The highest BCUT2D eigenvalue weighted by Gasteiger charge is 2.53. The number of Topliss-reactive ketones (excluding diaryl/α,β-unsaturated/α-hetero) is 2. The summed E-state index contributed by atoms with van der Waals surface area (Å²) in [6.07, 6.45) is 0.991. The van der Waals surface area contributed by atoms with Crippen molar-refractivity contribution in [1.29, 1.82) is 0 Å². The van der Waals surface area contributed by atoms with Gasteiger partial charge in [0.25, 0.3) is 11.6 Å². The summed E-state index contributed by atoms with van der Waals surface area (Å²) in [6.45, 7) is 0. The number of aromatic nitrogens is 1. The molecule has 2 atom stereocenters. The van der Waals surface area contributed by atoms with Crippen LogP contribution in [0.2, 0.25) is 5.02 Å². The van der Waals surface area contributed by atoms with Crippen molar-refractivity contribution in [3.05, 3.63) is 111 Å². The number of hydrogen-bond donors (Lipinski definition) is 0. The molecule has 1 saturated heterocycles. The zero-order valence-corrected chi connectivity index (χ0v) is 22.3. The smallest absolute Gasteiger partial charge is 0.293 e. The number of nitro groups is 1. The van der Waals surface area contributed by atoms with Gasteiger partial charge in [-0.15, -0.1) is 0 Å². The summed E-state index contributed by atoms with van der Waals surface area (Å²) in [5.41, 5.74) is 0.0663. The van der Waals surface area contributed by atoms with Gasteiger partial charge in [0.2, 0.25) is 15.6 Å². The van der Waals surface area contributed by atoms with Gasteiger partial charge in [-0.05, 0) is 54.1 Å². The molecule has 202 valence electrons. The Morgan fingerprint density at radius 3 is 2.23 bits per heavy atom. The minimum atomic E-state index is -4.20. The van der Waals surface area contributed by atoms with Crippen LogP contribution in [0.3, 0.4) is 0 Å². The van der Waals surface area contributed by atoms with Crippen LogP contribution in [0.25, 0.3) is 0 Å². The van der Waals surface area contributed by atoms with Crippen molar-refractivity contribution in [3.8, 4) is 0 Å². The number of hydrogen-bond acceptors (Lipinski definition) is 9. The third-order valence-corrected chi connectivity index (χ3v) is 9.71. The minimum Gasteiger partial charge on any atom is -0.293 e. The number of halogens is 2. The second-order valence-electron chi connectivity index (χ2n) is 8.60. The fourth-order valence-electron chi connectivity index (χ4n) is 4.28. The van der Waals surface area contributed by atoms with E-state index < -0.39 is 50.0 Å². The maximum atomic E-state index is 13.7. The molecule has 0 spiro atoms. The molecular formula is C26H15ClFN3O7S2. The Balaban J connectivity index is 1.57. The van der Waals surface area contributed by atoms with E-state index in [1.807, 2.05) is 0 Å². The van der Waals surface area contributed by atoms with Crippen molar-refractivity contribution >= 4 is 61.1 Å². The predicted molar refractivity (Wildman–Crippen MR) is 142 cm³/mol. The molecule has 0 bridgehead atoms. The molecule has 1 aliphatic heterocycles. The Morgan fingerprint density at radius 1 is 1.00 bits per heavy atom. The van der Waals surface area contributed by atoms with E-state index in [1.165, 1.54) is 36.4 Å². The van der Waals surface area contributed by atoms with Crippen LogP contribution in [0.1, 0.15) is 22.0 Å². The number of sulfone groups is 1. The lowest BCUT2D eigenvalue weighted by Crippen LogP contribution is -2.30. The minimum absolute atomic E-state index is 0.116. The topological polar surface area (TPSA) is 145 Å². The Labute approximate surface area is 234 Å². The van der Waals surface area contributed by atoms with Crippen LogP contribution in [-0.2, 0) is 19.4 Å². The van der Waals surface area contributed by atoms with Gasteiger partial charge in [0.1, 0.15) is 15.9 Å². The van der Waals surface area contributed by atoms with E-state index in [-0.39, 0.29) is 31.1 Å². The molecule has 1 aliphatic rings. The average Bonchev–Trinajstić information content (AvgIpc) is 3.53. The maximum Gasteiger partial charge on any atom is 0.297 e. The van der Waals surface area contributed by atoms with Gasteiger partial charge in [-0.2, -0.15) is 0 Å². The first-order valence-electron chi connectivity index (χ1n) is 11.4. The number of benzene rings is 3. The summed E-state index contributed by atoms with van der Waals surface area (Å²) >= 11 is 6.49. The molecule has 40 heavy (non-hydrogen) atoms. The fourth-order valence-corrected chi connectivity index (χ4v) is 6.96. The summed E-state index contributed by atoms with van der Waals surface area (Å²) in [5, 5.41) is 11.1. The number of amides is 1. The van der Waals surface area contributed by atoms with Gasteiger partial charge in [0.15, 0.2) is 10.9 Å². The molecule has 4 aromatic rings. The van der Waals surface area contributed by atoms with E-state index in [0.717, 1.165) is 47.5 Å². The van der Waals surface area contributed by atoms with E-state index >= 15 is 0 Å². The van der Waals surface area contributed by atoms with Gasteiger partial charge in [-0.3, -0.25) is 29.4 Å². The molecule has 14 heteroatoms. The first-order valence-corrected chi connectivity index (χ1v) is 14.0. The summed E-state index contributed by atoms with van der Waals surface area (Å²) in [5.74, 6) is -4.92. The first-order chi connectivity index (χ1) is 19.0. The molecule has 10 nitrogen and oxygen atoms in total. The van der Waals surface area contributed by atoms with Crippen molar-refractivity contribution in [2.75, 3.05) is 4.90 Å². The largest absolute Gasteiger partial charge is 0.297 e. The summed E-state index contributed by atoms with van der Waals surface area (Å²) < 4.78 is 39.8. The fraction of sp³-hybridized carbons (Fsp3) is 0.0769. The van der Waals surface area contributed by atoms with Crippen LogP contribution >= 0.6 is 22.9 Å². The predicted octanol–water partition coefficient (Wildman–Crippen LogP) is 4.83. The average molecular weight is 600 g/mol. The quantitative estimate of drug-likeness (QED) is 0.0965. The van der Waals surface area contributed by atoms with Crippen molar-refractivity contribution in [2.24, 2.45) is 5.92 Å². The van der Waals surface area contributed by atoms with Crippen LogP contribution in [-0.4, -0.2) is 35.8 Å². The van der Waals surface area contributed by atoms with Gasteiger partial charge in [0.05, 0.1) is 22.1 Å². The SMILES string of the molecule is O=C1C(=O)N(c2ncc(S(=O)(=O)c3ccc([N+](=O)[O-])cc3)s2)C(c2ccc(F)cc2)C1C(=O)c1ccc(Cl)cc1. The van der Waals surface area contributed by atoms with Gasteiger partial charge in [0, 0.05) is 22.7 Å². The molecule has 1 amide bonds. The molecule has 1 aromatic heterocycles. The number of carbonyl (C=O) groups is 3. The second-order valence-corrected chi connectivity index (χ2v) is 12.2. The van der Waals surface area contributed by atoms with Crippen molar-refractivity contribution in [3.63, 3.8) is 0 Å². The second kappa shape index (κ2) is 10.3. The number of ketones is 2. The lowest BCUT2D eigenvalue weighted by Gasteiger charge is -2.25. The Kier molecular flexibility index (Phi) is 7.04. The van der Waals surface area contributed by atoms with Crippen LogP contribution in [0, 0.1) is 21.8 Å². The lowest BCUT2D eigenvalue weighted by molar-refractivity contribution is -0.384.